The van der Waals surface area contributed by atoms with Crippen LogP contribution in [0.1, 0.15) is 113 Å². The molecule has 0 aromatic heterocycles. The molecule has 1 saturated carbocycles. The van der Waals surface area contributed by atoms with Crippen LogP contribution in [0.15, 0.2) is 22.8 Å². The molecule has 4 rings (SSSR count). The maximum absolute atomic E-state index is 13.1. The summed E-state index contributed by atoms with van der Waals surface area (Å²) in [7, 11) is 0. The summed E-state index contributed by atoms with van der Waals surface area (Å²) in [4.78, 5) is 13.1. The van der Waals surface area contributed by atoms with Gasteiger partial charge in [-0.1, -0.05) is 91.9 Å². The Morgan fingerprint density at radius 3 is 2.33 bits per heavy atom. The Morgan fingerprint density at radius 1 is 1.00 bits per heavy atom. The van der Waals surface area contributed by atoms with Crippen molar-refractivity contribution in [2.75, 3.05) is 0 Å². The second kappa shape index (κ2) is 8.10. The van der Waals surface area contributed by atoms with E-state index in [4.69, 9.17) is 0 Å². The number of hydrogen-bond donors (Lipinski definition) is 0. The summed E-state index contributed by atoms with van der Waals surface area (Å²) < 4.78 is 0. The summed E-state index contributed by atoms with van der Waals surface area (Å²) >= 11 is 0. The molecule has 0 aliphatic heterocycles. The van der Waals surface area contributed by atoms with Crippen molar-refractivity contribution in [2.24, 2.45) is 45.3 Å². The minimum absolute atomic E-state index is 0.0551. The molecule has 0 N–H and O–H groups in total. The number of fused-ring (bicyclic) bond motifs is 4. The van der Waals surface area contributed by atoms with Crippen LogP contribution in [0.2, 0.25) is 0 Å². The van der Waals surface area contributed by atoms with Crippen LogP contribution in [0.4, 0.5) is 0 Å². The number of nitrogens with zero attached hydrogens (tertiary/aromatic N) is 1. The molecule has 2 nitrogen and oxygen atoms in total. The predicted octanol–water partition coefficient (Wildman–Crippen LogP) is 8.44. The SMILES string of the molecule is CC(C)CCC[C@@H](C)[C@H]1CC[C@@]2(C)C3=C(CC[C@]12C)[C@@]1(C)C=C(C#N)C(=O)C(C)(C)[C@@H]1CC3. The molecular weight excluding hydrogens is 402 g/mol. The summed E-state index contributed by atoms with van der Waals surface area (Å²) in [6.07, 6.45) is 13.4. The van der Waals surface area contributed by atoms with E-state index in [9.17, 15) is 10.1 Å². The first kappa shape index (κ1) is 24.8. The van der Waals surface area contributed by atoms with Gasteiger partial charge in [0.15, 0.2) is 5.78 Å². The summed E-state index contributed by atoms with van der Waals surface area (Å²) in [5.41, 5.74) is 3.73. The number of hydrogen-bond acceptors (Lipinski definition) is 2. The van der Waals surface area contributed by atoms with Gasteiger partial charge in [-0.25, -0.2) is 0 Å². The average molecular weight is 450 g/mol. The zero-order valence-corrected chi connectivity index (χ0v) is 22.6. The van der Waals surface area contributed by atoms with Crippen molar-refractivity contribution in [3.63, 3.8) is 0 Å². The van der Waals surface area contributed by atoms with E-state index < -0.39 is 5.41 Å². The van der Waals surface area contributed by atoms with Gasteiger partial charge in [-0.3, -0.25) is 4.79 Å². The van der Waals surface area contributed by atoms with Gasteiger partial charge in [-0.2, -0.15) is 5.26 Å². The van der Waals surface area contributed by atoms with Crippen molar-refractivity contribution in [3.05, 3.63) is 22.8 Å². The summed E-state index contributed by atoms with van der Waals surface area (Å²) in [6, 6.07) is 2.26. The number of carbonyl (C=O) groups is 1. The molecule has 2 heteroatoms. The van der Waals surface area contributed by atoms with Crippen LogP contribution in [-0.4, -0.2) is 5.78 Å². The van der Waals surface area contributed by atoms with Gasteiger partial charge < -0.3 is 0 Å². The molecule has 0 aromatic carbocycles. The van der Waals surface area contributed by atoms with Crippen molar-refractivity contribution in [3.8, 4) is 6.07 Å². The largest absolute Gasteiger partial charge is 0.293 e. The molecule has 6 atom stereocenters. The van der Waals surface area contributed by atoms with E-state index >= 15 is 0 Å². The fourth-order valence-corrected chi connectivity index (χ4v) is 9.32. The van der Waals surface area contributed by atoms with E-state index in [0.717, 1.165) is 37.0 Å². The molecule has 0 saturated heterocycles. The summed E-state index contributed by atoms with van der Waals surface area (Å²) in [5, 5.41) is 9.78. The van der Waals surface area contributed by atoms with E-state index in [0.29, 0.717) is 16.9 Å². The van der Waals surface area contributed by atoms with Crippen LogP contribution < -0.4 is 0 Å². The molecule has 0 aromatic rings. The Labute approximate surface area is 203 Å². The highest BCUT2D eigenvalue weighted by atomic mass is 16.1. The zero-order valence-electron chi connectivity index (χ0n) is 22.6. The second-order valence-corrected chi connectivity index (χ2v) is 13.7. The van der Waals surface area contributed by atoms with Crippen LogP contribution in [0.3, 0.4) is 0 Å². The van der Waals surface area contributed by atoms with Crippen LogP contribution in [0, 0.1) is 56.7 Å². The van der Waals surface area contributed by atoms with E-state index in [1.807, 2.05) is 0 Å². The van der Waals surface area contributed by atoms with Crippen LogP contribution in [0.25, 0.3) is 0 Å². The number of Topliss-reactive ketones (excluding diaryl/α,β-unsaturated/α-hetero) is 1. The second-order valence-electron chi connectivity index (χ2n) is 13.7. The molecule has 0 bridgehead atoms. The van der Waals surface area contributed by atoms with Crippen LogP contribution >= 0.6 is 0 Å². The third-order valence-electron chi connectivity index (χ3n) is 11.4. The van der Waals surface area contributed by atoms with Crippen molar-refractivity contribution < 1.29 is 4.79 Å². The molecule has 182 valence electrons. The van der Waals surface area contributed by atoms with E-state index in [1.54, 1.807) is 11.1 Å². The van der Waals surface area contributed by atoms with Crippen molar-refractivity contribution in [2.45, 2.75) is 113 Å². The molecule has 4 aliphatic rings. The van der Waals surface area contributed by atoms with Gasteiger partial charge in [-0.05, 0) is 73.0 Å². The van der Waals surface area contributed by atoms with Gasteiger partial charge >= 0.3 is 0 Å². The van der Waals surface area contributed by atoms with E-state index in [-0.39, 0.29) is 16.6 Å². The molecule has 0 heterocycles. The number of carbonyl (C=O) groups excluding carboxylic acids is 1. The van der Waals surface area contributed by atoms with Gasteiger partial charge in [0, 0.05) is 10.8 Å². The smallest absolute Gasteiger partial charge is 0.178 e. The first-order valence-electron chi connectivity index (χ1n) is 13.7. The number of rotatable bonds is 5. The van der Waals surface area contributed by atoms with Crippen molar-refractivity contribution in [1.29, 1.82) is 5.26 Å². The summed E-state index contributed by atoms with van der Waals surface area (Å²) in [5.74, 6) is 2.76. The Kier molecular flexibility index (Phi) is 6.08. The van der Waals surface area contributed by atoms with Gasteiger partial charge in [0.05, 0.1) is 5.57 Å². The van der Waals surface area contributed by atoms with E-state index in [2.05, 4.69) is 67.5 Å². The topological polar surface area (TPSA) is 40.9 Å². The Balaban J connectivity index is 1.71. The monoisotopic (exact) mass is 449 g/mol. The van der Waals surface area contributed by atoms with E-state index in [1.165, 1.54) is 38.5 Å². The Morgan fingerprint density at radius 2 is 1.70 bits per heavy atom. The molecule has 0 unspecified atom stereocenters. The first-order valence-corrected chi connectivity index (χ1v) is 13.7. The Bertz CT molecular complexity index is 929. The van der Waals surface area contributed by atoms with Crippen LogP contribution in [-0.2, 0) is 4.79 Å². The molecule has 4 aliphatic carbocycles. The third-order valence-corrected chi connectivity index (χ3v) is 11.4. The quantitative estimate of drug-likeness (QED) is 0.395. The highest BCUT2D eigenvalue weighted by Gasteiger charge is 2.63. The molecule has 1 fully saturated rings. The lowest BCUT2D eigenvalue weighted by Crippen LogP contribution is -2.53. The third kappa shape index (κ3) is 3.43. The van der Waals surface area contributed by atoms with Crippen molar-refractivity contribution in [1.82, 2.24) is 0 Å². The lowest BCUT2D eigenvalue weighted by Gasteiger charge is -2.59. The fourth-order valence-electron chi connectivity index (χ4n) is 9.32. The minimum Gasteiger partial charge on any atom is -0.293 e. The summed E-state index contributed by atoms with van der Waals surface area (Å²) in [6.45, 7) is 19.0. The standard InChI is InChI=1S/C31H47NO/c1-20(2)10-9-11-21(3)23-14-16-31(8)25-12-13-26-28(4,5)27(33)22(19-32)18-29(26,6)24(25)15-17-30(23,31)7/h18,20-21,23,26H,9-17H2,1-8H3/t21-,23-,26+,29-,30-,31+/m1/s1. The van der Waals surface area contributed by atoms with Gasteiger partial charge in [-0.15, -0.1) is 0 Å². The molecule has 0 spiro atoms. The highest BCUT2D eigenvalue weighted by Crippen LogP contribution is 2.71. The maximum Gasteiger partial charge on any atom is 0.178 e. The lowest BCUT2D eigenvalue weighted by atomic mass is 9.44. The molecule has 0 amide bonds. The number of ketones is 1. The number of allylic oxidation sites excluding steroid dienone is 4. The molecule has 33 heavy (non-hydrogen) atoms. The van der Waals surface area contributed by atoms with Crippen molar-refractivity contribution >= 4 is 5.78 Å². The Hall–Kier alpha value is -1.36. The normalized spacial score (nSPS) is 40.6. The van der Waals surface area contributed by atoms with Crippen LogP contribution in [0.5, 0.6) is 0 Å². The van der Waals surface area contributed by atoms with Gasteiger partial charge in [0.25, 0.3) is 0 Å². The van der Waals surface area contributed by atoms with Gasteiger partial charge in [0.2, 0.25) is 0 Å². The van der Waals surface area contributed by atoms with Gasteiger partial charge in [0.1, 0.15) is 6.07 Å². The highest BCUT2D eigenvalue weighted by molar-refractivity contribution is 6.04. The zero-order chi connectivity index (χ0) is 24.4. The first-order chi connectivity index (χ1) is 15.3. The minimum atomic E-state index is -0.460. The molecular formula is C31H47NO. The maximum atomic E-state index is 13.1. The lowest BCUT2D eigenvalue weighted by molar-refractivity contribution is -0.129. The fraction of sp³-hybridized carbons (Fsp3) is 0.806. The predicted molar refractivity (Wildman–Crippen MR) is 136 cm³/mol. The average Bonchev–Trinajstić information content (AvgIpc) is 3.02. The molecule has 0 radical (unpaired) electrons. The number of nitriles is 1.